The Morgan fingerprint density at radius 3 is 2.90 bits per heavy atom. The van der Waals surface area contributed by atoms with Gasteiger partial charge in [0, 0.05) is 18.8 Å². The van der Waals surface area contributed by atoms with Crippen LogP contribution in [0.4, 0.5) is 5.69 Å². The molecule has 0 fully saturated rings. The van der Waals surface area contributed by atoms with Gasteiger partial charge < -0.3 is 9.88 Å². The van der Waals surface area contributed by atoms with Gasteiger partial charge in [-0.3, -0.25) is 4.79 Å². The quantitative estimate of drug-likeness (QED) is 0.870. The number of benzene rings is 1. The van der Waals surface area contributed by atoms with Crippen molar-refractivity contribution in [2.45, 2.75) is 45.2 Å². The summed E-state index contributed by atoms with van der Waals surface area (Å²) in [5.41, 5.74) is 3.95. The predicted molar refractivity (Wildman–Crippen MR) is 86.7 cm³/mol. The van der Waals surface area contributed by atoms with Crippen molar-refractivity contribution >= 4 is 5.69 Å². The van der Waals surface area contributed by atoms with E-state index in [0.29, 0.717) is 12.6 Å². The van der Waals surface area contributed by atoms with E-state index in [9.17, 15) is 4.79 Å². The lowest BCUT2D eigenvalue weighted by Gasteiger charge is -2.21. The Hall–Kier alpha value is -2.03. The standard InChI is InChI=1S/C18H22N2O/c1-2-20-13-15(11-12-18(20)21)19-17-10-6-4-8-14-7-3-5-9-16(14)17/h3,5,7,9,11-13,17,19H,2,4,6,8,10H2,1H3. The van der Waals surface area contributed by atoms with Gasteiger partial charge in [-0.1, -0.05) is 30.7 Å². The van der Waals surface area contributed by atoms with Crippen LogP contribution in [0, 0.1) is 0 Å². The van der Waals surface area contributed by atoms with Crippen LogP contribution in [0.2, 0.25) is 0 Å². The second-order valence-corrected chi connectivity index (χ2v) is 5.68. The molecule has 3 rings (SSSR count). The highest BCUT2D eigenvalue weighted by molar-refractivity contribution is 5.45. The summed E-state index contributed by atoms with van der Waals surface area (Å²) in [7, 11) is 0. The van der Waals surface area contributed by atoms with Crippen molar-refractivity contribution < 1.29 is 0 Å². The summed E-state index contributed by atoms with van der Waals surface area (Å²) in [6, 6.07) is 12.6. The fourth-order valence-corrected chi connectivity index (χ4v) is 3.14. The van der Waals surface area contributed by atoms with Gasteiger partial charge in [0.2, 0.25) is 0 Å². The van der Waals surface area contributed by atoms with Gasteiger partial charge in [0.25, 0.3) is 5.56 Å². The maximum atomic E-state index is 11.7. The molecule has 0 aliphatic heterocycles. The highest BCUT2D eigenvalue weighted by atomic mass is 16.1. The number of aryl methyl sites for hydroxylation is 2. The summed E-state index contributed by atoms with van der Waals surface area (Å²) in [4.78, 5) is 11.7. The molecule has 21 heavy (non-hydrogen) atoms. The van der Waals surface area contributed by atoms with E-state index in [1.807, 2.05) is 19.2 Å². The molecule has 1 atom stereocenters. The number of rotatable bonds is 3. The number of anilines is 1. The highest BCUT2D eigenvalue weighted by Gasteiger charge is 2.18. The summed E-state index contributed by atoms with van der Waals surface area (Å²) in [5.74, 6) is 0. The van der Waals surface area contributed by atoms with Gasteiger partial charge in [-0.25, -0.2) is 0 Å². The summed E-state index contributed by atoms with van der Waals surface area (Å²) >= 11 is 0. The maximum Gasteiger partial charge on any atom is 0.250 e. The molecule has 1 unspecified atom stereocenters. The van der Waals surface area contributed by atoms with E-state index in [0.717, 1.165) is 12.1 Å². The van der Waals surface area contributed by atoms with Crippen LogP contribution in [-0.4, -0.2) is 4.57 Å². The van der Waals surface area contributed by atoms with Crippen LogP contribution in [0.3, 0.4) is 0 Å². The molecule has 3 heteroatoms. The zero-order valence-electron chi connectivity index (χ0n) is 12.5. The van der Waals surface area contributed by atoms with Crippen LogP contribution in [0.15, 0.2) is 47.4 Å². The van der Waals surface area contributed by atoms with Crippen molar-refractivity contribution in [2.24, 2.45) is 0 Å². The van der Waals surface area contributed by atoms with Crippen LogP contribution >= 0.6 is 0 Å². The third-order valence-electron chi connectivity index (χ3n) is 4.28. The largest absolute Gasteiger partial charge is 0.377 e. The van der Waals surface area contributed by atoms with Crippen LogP contribution in [-0.2, 0) is 13.0 Å². The molecule has 110 valence electrons. The summed E-state index contributed by atoms with van der Waals surface area (Å²) in [5, 5.41) is 3.62. The second-order valence-electron chi connectivity index (χ2n) is 5.68. The molecule has 1 heterocycles. The van der Waals surface area contributed by atoms with Gasteiger partial charge in [-0.15, -0.1) is 0 Å². The summed E-state index contributed by atoms with van der Waals surface area (Å²) < 4.78 is 1.74. The molecular formula is C18H22N2O. The molecule has 1 aromatic heterocycles. The number of fused-ring (bicyclic) bond motifs is 1. The molecular weight excluding hydrogens is 260 g/mol. The molecule has 0 amide bonds. The Morgan fingerprint density at radius 2 is 2.05 bits per heavy atom. The van der Waals surface area contributed by atoms with Gasteiger partial charge in [-0.2, -0.15) is 0 Å². The number of hydrogen-bond donors (Lipinski definition) is 1. The Kier molecular flexibility index (Phi) is 4.09. The average molecular weight is 282 g/mol. The first-order valence-corrected chi connectivity index (χ1v) is 7.83. The normalized spacial score (nSPS) is 17.9. The van der Waals surface area contributed by atoms with Gasteiger partial charge >= 0.3 is 0 Å². The van der Waals surface area contributed by atoms with E-state index in [1.54, 1.807) is 10.6 Å². The van der Waals surface area contributed by atoms with Gasteiger partial charge in [0.15, 0.2) is 0 Å². The van der Waals surface area contributed by atoms with Crippen LogP contribution < -0.4 is 10.9 Å². The molecule has 3 nitrogen and oxygen atoms in total. The molecule has 1 aromatic carbocycles. The van der Waals surface area contributed by atoms with E-state index in [1.165, 1.54) is 30.4 Å². The second kappa shape index (κ2) is 6.17. The fourth-order valence-electron chi connectivity index (χ4n) is 3.14. The Morgan fingerprint density at radius 1 is 1.19 bits per heavy atom. The third-order valence-corrected chi connectivity index (χ3v) is 4.28. The molecule has 0 bridgehead atoms. The fraction of sp³-hybridized carbons (Fsp3) is 0.389. The van der Waals surface area contributed by atoms with Crippen molar-refractivity contribution in [3.63, 3.8) is 0 Å². The SMILES string of the molecule is CCn1cc(NC2CCCCc3ccccc32)ccc1=O. The molecule has 1 N–H and O–H groups in total. The molecule has 0 saturated carbocycles. The van der Waals surface area contributed by atoms with Crippen molar-refractivity contribution in [3.05, 3.63) is 64.1 Å². The van der Waals surface area contributed by atoms with Crippen LogP contribution in [0.25, 0.3) is 0 Å². The first-order chi connectivity index (χ1) is 10.3. The Labute approximate surface area is 125 Å². The van der Waals surface area contributed by atoms with Gasteiger partial charge in [0.05, 0.1) is 11.7 Å². The highest BCUT2D eigenvalue weighted by Crippen LogP contribution is 2.31. The molecule has 0 radical (unpaired) electrons. The van der Waals surface area contributed by atoms with E-state index >= 15 is 0 Å². The van der Waals surface area contributed by atoms with Crippen molar-refractivity contribution in [1.82, 2.24) is 4.57 Å². The number of nitrogens with zero attached hydrogens (tertiary/aromatic N) is 1. The van der Waals surface area contributed by atoms with E-state index < -0.39 is 0 Å². The zero-order chi connectivity index (χ0) is 14.7. The average Bonchev–Trinajstić information content (AvgIpc) is 2.72. The van der Waals surface area contributed by atoms with Crippen molar-refractivity contribution in [1.29, 1.82) is 0 Å². The lowest BCUT2D eigenvalue weighted by molar-refractivity contribution is 0.642. The smallest absolute Gasteiger partial charge is 0.250 e. The topological polar surface area (TPSA) is 34.0 Å². The van der Waals surface area contributed by atoms with Gasteiger partial charge in [-0.05, 0) is 43.4 Å². The van der Waals surface area contributed by atoms with Crippen LogP contribution in [0.5, 0.6) is 0 Å². The summed E-state index contributed by atoms with van der Waals surface area (Å²) in [6.07, 6.45) is 6.73. The number of aromatic nitrogens is 1. The molecule has 0 saturated heterocycles. The lowest BCUT2D eigenvalue weighted by Crippen LogP contribution is -2.19. The van der Waals surface area contributed by atoms with E-state index in [4.69, 9.17) is 0 Å². The molecule has 0 spiro atoms. The number of nitrogens with one attached hydrogen (secondary N) is 1. The van der Waals surface area contributed by atoms with Crippen molar-refractivity contribution in [2.75, 3.05) is 5.32 Å². The molecule has 1 aliphatic carbocycles. The third kappa shape index (κ3) is 3.02. The monoisotopic (exact) mass is 282 g/mol. The van der Waals surface area contributed by atoms with E-state index in [2.05, 4.69) is 29.6 Å². The minimum Gasteiger partial charge on any atom is -0.377 e. The van der Waals surface area contributed by atoms with Gasteiger partial charge in [0.1, 0.15) is 0 Å². The molecule has 1 aliphatic rings. The predicted octanol–water partition coefficient (Wildman–Crippen LogP) is 3.75. The number of pyridine rings is 1. The van der Waals surface area contributed by atoms with Crippen LogP contribution in [0.1, 0.15) is 43.4 Å². The number of hydrogen-bond acceptors (Lipinski definition) is 2. The minimum atomic E-state index is 0.0596. The lowest BCUT2D eigenvalue weighted by atomic mass is 9.99. The Bertz CT molecular complexity index is 675. The van der Waals surface area contributed by atoms with Crippen molar-refractivity contribution in [3.8, 4) is 0 Å². The zero-order valence-corrected chi connectivity index (χ0v) is 12.5. The first-order valence-electron chi connectivity index (χ1n) is 7.83. The Balaban J connectivity index is 1.89. The first kappa shape index (κ1) is 13.9. The maximum absolute atomic E-state index is 11.7. The minimum absolute atomic E-state index is 0.0596. The summed E-state index contributed by atoms with van der Waals surface area (Å²) in [6.45, 7) is 2.70. The van der Waals surface area contributed by atoms with E-state index in [-0.39, 0.29) is 5.56 Å². The molecule has 2 aromatic rings.